The Bertz CT molecular complexity index is 401. The zero-order valence-corrected chi connectivity index (χ0v) is 9.92. The molecule has 0 radical (unpaired) electrons. The lowest BCUT2D eigenvalue weighted by Crippen LogP contribution is -2.47. The Morgan fingerprint density at radius 2 is 2.12 bits per heavy atom. The van der Waals surface area contributed by atoms with E-state index in [4.69, 9.17) is 0 Å². The van der Waals surface area contributed by atoms with Crippen LogP contribution in [0.2, 0.25) is 0 Å². The topological polar surface area (TPSA) is 32.3 Å². The minimum absolute atomic E-state index is 0.199. The number of hydrogen-bond donors (Lipinski definition) is 1. The Morgan fingerprint density at radius 3 is 2.81 bits per heavy atom. The maximum Gasteiger partial charge on any atom is 0.236 e. The minimum Gasteiger partial charge on any atom is -0.336 e. The summed E-state index contributed by atoms with van der Waals surface area (Å²) < 4.78 is 0. The van der Waals surface area contributed by atoms with E-state index < -0.39 is 0 Å². The second-order valence-electron chi connectivity index (χ2n) is 4.41. The van der Waals surface area contributed by atoms with Crippen molar-refractivity contribution in [3.63, 3.8) is 0 Å². The smallest absolute Gasteiger partial charge is 0.236 e. The van der Waals surface area contributed by atoms with E-state index in [9.17, 15) is 4.79 Å². The Labute approximate surface area is 96.5 Å². The molecule has 1 aliphatic heterocycles. The van der Waals surface area contributed by atoms with Crippen LogP contribution < -0.4 is 5.32 Å². The summed E-state index contributed by atoms with van der Waals surface area (Å²) in [7, 11) is 0. The number of aryl methyl sites for hydroxylation is 2. The summed E-state index contributed by atoms with van der Waals surface area (Å²) in [5.41, 5.74) is 3.81. The minimum atomic E-state index is 0.199. The van der Waals surface area contributed by atoms with E-state index in [0.717, 1.165) is 19.6 Å². The molecule has 0 bridgehead atoms. The number of amides is 1. The van der Waals surface area contributed by atoms with Crippen LogP contribution in [-0.2, 0) is 11.3 Å². The summed E-state index contributed by atoms with van der Waals surface area (Å²) in [5, 5.41) is 3.08. The van der Waals surface area contributed by atoms with Gasteiger partial charge in [-0.3, -0.25) is 4.79 Å². The third kappa shape index (κ3) is 2.42. The lowest BCUT2D eigenvalue weighted by Gasteiger charge is -2.27. The molecular weight excluding hydrogens is 200 g/mol. The predicted octanol–water partition coefficient (Wildman–Crippen LogP) is 1.24. The third-order valence-corrected chi connectivity index (χ3v) is 3.13. The van der Waals surface area contributed by atoms with Crippen molar-refractivity contribution in [1.82, 2.24) is 10.2 Å². The summed E-state index contributed by atoms with van der Waals surface area (Å²) in [6.07, 6.45) is 0. The number of benzene rings is 1. The first kappa shape index (κ1) is 11.1. The van der Waals surface area contributed by atoms with Crippen LogP contribution in [0.5, 0.6) is 0 Å². The maximum absolute atomic E-state index is 11.6. The van der Waals surface area contributed by atoms with Crippen molar-refractivity contribution < 1.29 is 4.79 Å². The molecule has 1 amide bonds. The maximum atomic E-state index is 11.6. The van der Waals surface area contributed by atoms with Crippen molar-refractivity contribution in [3.05, 3.63) is 34.9 Å². The van der Waals surface area contributed by atoms with E-state index in [1.54, 1.807) is 0 Å². The van der Waals surface area contributed by atoms with E-state index in [1.165, 1.54) is 16.7 Å². The summed E-state index contributed by atoms with van der Waals surface area (Å²) in [6.45, 7) is 7.14. The van der Waals surface area contributed by atoms with Gasteiger partial charge in [-0.2, -0.15) is 0 Å². The molecule has 86 valence electrons. The molecule has 0 aromatic heterocycles. The van der Waals surface area contributed by atoms with Gasteiger partial charge < -0.3 is 10.2 Å². The van der Waals surface area contributed by atoms with Crippen LogP contribution in [0.4, 0.5) is 0 Å². The van der Waals surface area contributed by atoms with Crippen molar-refractivity contribution in [1.29, 1.82) is 0 Å². The molecule has 0 unspecified atom stereocenters. The molecule has 1 saturated heterocycles. The fraction of sp³-hybridized carbons (Fsp3) is 0.462. The quantitative estimate of drug-likeness (QED) is 0.810. The van der Waals surface area contributed by atoms with Gasteiger partial charge in [-0.25, -0.2) is 0 Å². The van der Waals surface area contributed by atoms with Gasteiger partial charge in [0, 0.05) is 19.6 Å². The standard InChI is InChI=1S/C13H18N2O/c1-10-3-4-12(7-11(10)2)9-15-6-5-14-8-13(15)16/h3-4,7,14H,5-6,8-9H2,1-2H3. The van der Waals surface area contributed by atoms with Gasteiger partial charge in [0.15, 0.2) is 0 Å². The Morgan fingerprint density at radius 1 is 1.31 bits per heavy atom. The average molecular weight is 218 g/mol. The highest BCUT2D eigenvalue weighted by molar-refractivity contribution is 5.79. The summed E-state index contributed by atoms with van der Waals surface area (Å²) in [6, 6.07) is 6.40. The van der Waals surface area contributed by atoms with Crippen LogP contribution in [0.1, 0.15) is 16.7 Å². The number of piperazine rings is 1. The van der Waals surface area contributed by atoms with Crippen molar-refractivity contribution in [2.24, 2.45) is 0 Å². The van der Waals surface area contributed by atoms with E-state index in [-0.39, 0.29) is 5.91 Å². The molecule has 1 heterocycles. The molecule has 3 nitrogen and oxygen atoms in total. The highest BCUT2D eigenvalue weighted by Crippen LogP contribution is 2.12. The number of carbonyl (C=O) groups is 1. The molecule has 1 aromatic carbocycles. The van der Waals surface area contributed by atoms with Crippen LogP contribution in [0.15, 0.2) is 18.2 Å². The zero-order valence-electron chi connectivity index (χ0n) is 9.92. The normalized spacial score (nSPS) is 16.6. The van der Waals surface area contributed by atoms with Crippen molar-refractivity contribution >= 4 is 5.91 Å². The van der Waals surface area contributed by atoms with Gasteiger partial charge in [0.25, 0.3) is 0 Å². The first-order valence-electron chi connectivity index (χ1n) is 5.71. The number of nitrogens with zero attached hydrogens (tertiary/aromatic N) is 1. The van der Waals surface area contributed by atoms with E-state index >= 15 is 0 Å². The lowest BCUT2D eigenvalue weighted by atomic mass is 10.1. The van der Waals surface area contributed by atoms with Gasteiger partial charge in [-0.15, -0.1) is 0 Å². The van der Waals surface area contributed by atoms with Crippen LogP contribution >= 0.6 is 0 Å². The molecule has 1 fully saturated rings. The molecule has 2 rings (SSSR count). The van der Waals surface area contributed by atoms with Gasteiger partial charge >= 0.3 is 0 Å². The van der Waals surface area contributed by atoms with Crippen molar-refractivity contribution in [2.45, 2.75) is 20.4 Å². The highest BCUT2D eigenvalue weighted by Gasteiger charge is 2.17. The summed E-state index contributed by atoms with van der Waals surface area (Å²) in [5.74, 6) is 0.199. The van der Waals surface area contributed by atoms with Gasteiger partial charge in [0.2, 0.25) is 5.91 Å². The molecule has 1 aliphatic rings. The molecule has 16 heavy (non-hydrogen) atoms. The summed E-state index contributed by atoms with van der Waals surface area (Å²) >= 11 is 0. The largest absolute Gasteiger partial charge is 0.336 e. The monoisotopic (exact) mass is 218 g/mol. The van der Waals surface area contributed by atoms with E-state index in [1.807, 2.05) is 4.90 Å². The molecule has 0 atom stereocenters. The van der Waals surface area contributed by atoms with Crippen LogP contribution in [-0.4, -0.2) is 30.4 Å². The third-order valence-electron chi connectivity index (χ3n) is 3.13. The second-order valence-corrected chi connectivity index (χ2v) is 4.41. The first-order valence-corrected chi connectivity index (χ1v) is 5.71. The van der Waals surface area contributed by atoms with Gasteiger partial charge in [0.05, 0.1) is 6.54 Å². The molecule has 0 aliphatic carbocycles. The van der Waals surface area contributed by atoms with Gasteiger partial charge in [-0.05, 0) is 30.5 Å². The van der Waals surface area contributed by atoms with E-state index in [0.29, 0.717) is 6.54 Å². The van der Waals surface area contributed by atoms with Gasteiger partial charge in [0.1, 0.15) is 0 Å². The number of hydrogen-bond acceptors (Lipinski definition) is 2. The number of nitrogens with one attached hydrogen (secondary N) is 1. The van der Waals surface area contributed by atoms with Gasteiger partial charge in [-0.1, -0.05) is 18.2 Å². The predicted molar refractivity (Wildman–Crippen MR) is 64.2 cm³/mol. The zero-order chi connectivity index (χ0) is 11.5. The van der Waals surface area contributed by atoms with E-state index in [2.05, 4.69) is 37.4 Å². The summed E-state index contributed by atoms with van der Waals surface area (Å²) in [4.78, 5) is 13.5. The number of rotatable bonds is 2. The SMILES string of the molecule is Cc1ccc(CN2CCNCC2=O)cc1C. The number of carbonyl (C=O) groups excluding carboxylic acids is 1. The highest BCUT2D eigenvalue weighted by atomic mass is 16.2. The van der Waals surface area contributed by atoms with Crippen LogP contribution in [0.3, 0.4) is 0 Å². The van der Waals surface area contributed by atoms with Crippen LogP contribution in [0, 0.1) is 13.8 Å². The Hall–Kier alpha value is -1.35. The average Bonchev–Trinajstić information content (AvgIpc) is 2.27. The Balaban J connectivity index is 2.08. The molecule has 1 N–H and O–H groups in total. The van der Waals surface area contributed by atoms with Crippen molar-refractivity contribution in [2.75, 3.05) is 19.6 Å². The molecule has 1 aromatic rings. The second kappa shape index (κ2) is 4.66. The fourth-order valence-corrected chi connectivity index (χ4v) is 1.94. The molecule has 0 spiro atoms. The molecule has 3 heteroatoms. The Kier molecular flexibility index (Phi) is 3.25. The van der Waals surface area contributed by atoms with Crippen LogP contribution in [0.25, 0.3) is 0 Å². The lowest BCUT2D eigenvalue weighted by molar-refractivity contribution is -0.132. The molecular formula is C13H18N2O. The molecule has 0 saturated carbocycles. The first-order chi connectivity index (χ1) is 7.66. The fourth-order valence-electron chi connectivity index (χ4n) is 1.94. The van der Waals surface area contributed by atoms with Crippen molar-refractivity contribution in [3.8, 4) is 0 Å².